The van der Waals surface area contributed by atoms with E-state index in [9.17, 15) is 8.42 Å². The number of rotatable bonds is 9. The maximum atomic E-state index is 13.7. The van der Waals surface area contributed by atoms with Crippen LogP contribution in [0.3, 0.4) is 0 Å². The molecule has 0 unspecified atom stereocenters. The number of para-hydroxylation sites is 1. The molecule has 0 amide bonds. The van der Waals surface area contributed by atoms with E-state index >= 15 is 0 Å². The second-order valence-electron chi connectivity index (χ2n) is 10.1. The van der Waals surface area contributed by atoms with Crippen molar-refractivity contribution in [1.29, 1.82) is 0 Å². The first-order chi connectivity index (χ1) is 17.9. The van der Waals surface area contributed by atoms with Crippen LogP contribution in [-0.2, 0) is 9.84 Å². The number of fused-ring (bicyclic) bond motifs is 1. The number of nitrogens with one attached hydrogen (secondary N) is 1. The lowest BCUT2D eigenvalue weighted by atomic mass is 10.1. The van der Waals surface area contributed by atoms with E-state index in [1.807, 2.05) is 48.8 Å². The van der Waals surface area contributed by atoms with Crippen LogP contribution in [0.2, 0.25) is 0 Å². The summed E-state index contributed by atoms with van der Waals surface area (Å²) in [6.07, 6.45) is 4.73. The molecule has 1 aliphatic rings. The fraction of sp³-hybridized carbons (Fsp3) is 0.333. The third-order valence-corrected chi connectivity index (χ3v) is 9.30. The Labute approximate surface area is 220 Å². The third-order valence-electron chi connectivity index (χ3n) is 7.42. The van der Waals surface area contributed by atoms with E-state index in [1.165, 1.54) is 5.69 Å². The van der Waals surface area contributed by atoms with Gasteiger partial charge < -0.3 is 14.5 Å². The van der Waals surface area contributed by atoms with Gasteiger partial charge in [0.15, 0.2) is 0 Å². The van der Waals surface area contributed by atoms with Crippen LogP contribution in [0.25, 0.3) is 5.52 Å². The Hall–Kier alpha value is -3.13. The van der Waals surface area contributed by atoms with Crippen molar-refractivity contribution in [2.45, 2.75) is 36.0 Å². The van der Waals surface area contributed by atoms with Gasteiger partial charge >= 0.3 is 0 Å². The molecule has 1 aliphatic heterocycles. The number of quaternary nitrogens is 1. The lowest BCUT2D eigenvalue weighted by Gasteiger charge is -2.41. The molecule has 2 aromatic heterocycles. The van der Waals surface area contributed by atoms with E-state index in [4.69, 9.17) is 4.74 Å². The Kier molecular flexibility index (Phi) is 7.38. The minimum absolute atomic E-state index is 0.0878. The van der Waals surface area contributed by atoms with E-state index in [2.05, 4.69) is 35.6 Å². The van der Waals surface area contributed by atoms with Crippen molar-refractivity contribution >= 4 is 21.0 Å². The van der Waals surface area contributed by atoms with Crippen molar-refractivity contribution in [2.75, 3.05) is 39.3 Å². The normalized spacial score (nSPS) is 15.8. The Balaban J connectivity index is 1.28. The van der Waals surface area contributed by atoms with Gasteiger partial charge in [-0.05, 0) is 60.0 Å². The van der Waals surface area contributed by atoms with Crippen LogP contribution in [0.4, 0.5) is 5.69 Å². The van der Waals surface area contributed by atoms with Crippen LogP contribution in [0.1, 0.15) is 31.7 Å². The summed E-state index contributed by atoms with van der Waals surface area (Å²) in [5.74, 6) is 0.779. The summed E-state index contributed by atoms with van der Waals surface area (Å²) < 4.78 is 36.3. The van der Waals surface area contributed by atoms with Crippen molar-refractivity contribution in [2.24, 2.45) is 0 Å². The number of ether oxygens (including phenoxy) is 1. The molecule has 0 bridgehead atoms. The number of benzene rings is 2. The van der Waals surface area contributed by atoms with Gasteiger partial charge in [-0.2, -0.15) is 0 Å². The lowest BCUT2D eigenvalue weighted by molar-refractivity contribution is 0.214. The molecule has 0 atom stereocenters. The van der Waals surface area contributed by atoms with Crippen LogP contribution in [0.5, 0.6) is 5.75 Å². The smallest absolute Gasteiger partial charge is 0.209 e. The van der Waals surface area contributed by atoms with Crippen LogP contribution in [-0.4, -0.2) is 52.1 Å². The Morgan fingerprint density at radius 2 is 1.65 bits per heavy atom. The first-order valence-corrected chi connectivity index (χ1v) is 14.6. The fourth-order valence-electron chi connectivity index (χ4n) is 5.39. The molecule has 0 radical (unpaired) electrons. The summed E-state index contributed by atoms with van der Waals surface area (Å²) in [4.78, 5) is 0.677. The number of hydrogen-bond donors (Lipinski definition) is 1. The topological polar surface area (TPSA) is 59.8 Å². The first kappa shape index (κ1) is 25.5. The highest BCUT2D eigenvalue weighted by atomic mass is 32.2. The highest BCUT2D eigenvalue weighted by Gasteiger charge is 2.32. The van der Waals surface area contributed by atoms with E-state index in [-0.39, 0.29) is 10.8 Å². The predicted octanol–water partition coefficient (Wildman–Crippen LogP) is 5.28. The Morgan fingerprint density at radius 1 is 0.946 bits per heavy atom. The monoisotopic (exact) mass is 518 g/mol. The standard InChI is InChI=1S/C30H36N3O3S/c1-24(2)28-23-32-18-7-6-11-29(32)30(28)37(34,35)27-14-12-26(13-15-27)36-22-8-19-33(20-16-31-17-21-33)25-9-4-3-5-10-25/h3-7,9-15,18,23-24,31H,8,16-17,19-22H2,1-2H3/q+1. The average Bonchev–Trinajstić information content (AvgIpc) is 3.34. The summed E-state index contributed by atoms with van der Waals surface area (Å²) in [5.41, 5.74) is 2.89. The SMILES string of the molecule is CC(C)c1cn2ccccc2c1S(=O)(=O)c1ccc(OCCC[N+]2(c3ccccc3)CCNCC2)cc1. The Morgan fingerprint density at radius 3 is 2.35 bits per heavy atom. The molecule has 5 rings (SSSR count). The molecule has 2 aromatic carbocycles. The van der Waals surface area contributed by atoms with Crippen LogP contribution < -0.4 is 14.5 Å². The van der Waals surface area contributed by atoms with Gasteiger partial charge in [-0.15, -0.1) is 0 Å². The minimum atomic E-state index is -3.68. The van der Waals surface area contributed by atoms with Crippen LogP contribution >= 0.6 is 0 Å². The molecule has 7 heteroatoms. The van der Waals surface area contributed by atoms with E-state index in [1.54, 1.807) is 24.3 Å². The van der Waals surface area contributed by atoms with Gasteiger partial charge in [0.05, 0.1) is 36.7 Å². The minimum Gasteiger partial charge on any atom is -0.493 e. The lowest BCUT2D eigenvalue weighted by Crippen LogP contribution is -2.60. The van der Waals surface area contributed by atoms with Crippen molar-refractivity contribution in [3.8, 4) is 5.75 Å². The zero-order chi connectivity index (χ0) is 25.9. The van der Waals surface area contributed by atoms with Crippen molar-refractivity contribution < 1.29 is 13.2 Å². The number of nitrogens with zero attached hydrogens (tertiary/aromatic N) is 2. The summed E-state index contributed by atoms with van der Waals surface area (Å²) in [6.45, 7) is 9.83. The molecule has 6 nitrogen and oxygen atoms in total. The van der Waals surface area contributed by atoms with E-state index < -0.39 is 9.84 Å². The van der Waals surface area contributed by atoms with Gasteiger partial charge in [0, 0.05) is 31.9 Å². The molecule has 194 valence electrons. The highest BCUT2D eigenvalue weighted by Crippen LogP contribution is 2.34. The molecule has 1 N–H and O–H groups in total. The van der Waals surface area contributed by atoms with Gasteiger partial charge in [-0.25, -0.2) is 8.42 Å². The first-order valence-electron chi connectivity index (χ1n) is 13.1. The summed E-state index contributed by atoms with van der Waals surface area (Å²) in [5, 5.41) is 3.47. The number of sulfone groups is 1. The van der Waals surface area contributed by atoms with Gasteiger partial charge in [0.1, 0.15) is 16.3 Å². The second kappa shape index (κ2) is 10.7. The van der Waals surface area contributed by atoms with Gasteiger partial charge in [-0.3, -0.25) is 4.48 Å². The summed E-state index contributed by atoms with van der Waals surface area (Å²) >= 11 is 0. The maximum absolute atomic E-state index is 13.7. The van der Waals surface area contributed by atoms with Gasteiger partial charge in [-0.1, -0.05) is 38.1 Å². The highest BCUT2D eigenvalue weighted by molar-refractivity contribution is 7.91. The third kappa shape index (κ3) is 5.17. The second-order valence-corrected chi connectivity index (χ2v) is 12.0. The van der Waals surface area contributed by atoms with Crippen LogP contribution in [0.15, 0.2) is 95.0 Å². The maximum Gasteiger partial charge on any atom is 0.209 e. The fourth-order valence-corrected chi connectivity index (χ4v) is 7.17. The van der Waals surface area contributed by atoms with E-state index in [0.717, 1.165) is 49.2 Å². The van der Waals surface area contributed by atoms with Gasteiger partial charge in [0.2, 0.25) is 9.84 Å². The molecule has 4 aromatic rings. The number of hydrogen-bond acceptors (Lipinski definition) is 4. The molecular weight excluding hydrogens is 482 g/mol. The number of piperazine rings is 1. The quantitative estimate of drug-likeness (QED) is 0.242. The van der Waals surface area contributed by atoms with Crippen molar-refractivity contribution in [1.82, 2.24) is 14.2 Å². The van der Waals surface area contributed by atoms with Crippen molar-refractivity contribution in [3.05, 3.63) is 90.8 Å². The van der Waals surface area contributed by atoms with E-state index in [0.29, 0.717) is 22.8 Å². The number of aromatic nitrogens is 1. The van der Waals surface area contributed by atoms with Crippen LogP contribution in [0, 0.1) is 0 Å². The zero-order valence-electron chi connectivity index (χ0n) is 21.6. The average molecular weight is 519 g/mol. The molecule has 0 aliphatic carbocycles. The predicted molar refractivity (Wildman–Crippen MR) is 149 cm³/mol. The summed E-state index contributed by atoms with van der Waals surface area (Å²) in [7, 11) is -3.68. The molecule has 0 spiro atoms. The molecule has 1 fully saturated rings. The number of pyridine rings is 1. The summed E-state index contributed by atoms with van der Waals surface area (Å²) in [6, 6.07) is 23.3. The molecule has 3 heterocycles. The molecular formula is C30H36N3O3S+. The zero-order valence-corrected chi connectivity index (χ0v) is 22.5. The van der Waals surface area contributed by atoms with Crippen molar-refractivity contribution in [3.63, 3.8) is 0 Å². The van der Waals surface area contributed by atoms with Gasteiger partial charge in [0.25, 0.3) is 0 Å². The molecule has 37 heavy (non-hydrogen) atoms. The Bertz CT molecular complexity index is 1440. The molecule has 0 saturated carbocycles. The largest absolute Gasteiger partial charge is 0.493 e. The molecule has 1 saturated heterocycles.